The zero-order chi connectivity index (χ0) is 13.2. The molecule has 1 aliphatic rings. The van der Waals surface area contributed by atoms with Crippen molar-refractivity contribution >= 4 is 21.9 Å². The summed E-state index contributed by atoms with van der Waals surface area (Å²) in [4.78, 5) is 12.0. The zero-order valence-corrected chi connectivity index (χ0v) is 12.2. The molecule has 1 fully saturated rings. The van der Waals surface area contributed by atoms with Gasteiger partial charge < -0.3 is 10.1 Å². The predicted octanol–water partition coefficient (Wildman–Crippen LogP) is 1.89. The number of carbonyl (C=O) groups excluding carboxylic acids is 1. The van der Waals surface area contributed by atoms with E-state index in [9.17, 15) is 4.79 Å². The molecule has 1 aromatic heterocycles. The van der Waals surface area contributed by atoms with E-state index in [-0.39, 0.29) is 12.0 Å². The highest BCUT2D eigenvalue weighted by molar-refractivity contribution is 9.10. The van der Waals surface area contributed by atoms with E-state index in [4.69, 9.17) is 4.74 Å². The van der Waals surface area contributed by atoms with Crippen molar-refractivity contribution in [2.24, 2.45) is 0 Å². The lowest BCUT2D eigenvalue weighted by atomic mass is 9.97. The van der Waals surface area contributed by atoms with Crippen LogP contribution >= 0.6 is 15.9 Å². The van der Waals surface area contributed by atoms with E-state index in [1.165, 1.54) is 7.11 Å². The Kier molecular flexibility index (Phi) is 4.07. The summed E-state index contributed by atoms with van der Waals surface area (Å²) in [6, 6.07) is 0.245. The lowest BCUT2D eigenvalue weighted by Gasteiger charge is -2.27. The molecular weight excluding hydrogens is 298 g/mol. The van der Waals surface area contributed by atoms with Gasteiger partial charge in [0.05, 0.1) is 23.8 Å². The molecule has 1 aromatic rings. The molecule has 1 N–H and O–H groups in total. The third kappa shape index (κ3) is 2.44. The normalized spacial score (nSPS) is 27.4. The molecule has 1 aliphatic carbocycles. The number of carbonyl (C=O) groups is 1. The van der Waals surface area contributed by atoms with Crippen LogP contribution in [0.5, 0.6) is 0 Å². The second kappa shape index (κ2) is 5.40. The standard InChI is InChI=1S/C12H18BrN3O2/c1-3-14-12(11(17)18-2)5-4-10(6-12)16-8-9(13)7-15-16/h7-8,10,14H,3-6H2,1-2H3. The number of hydrogen-bond donors (Lipinski definition) is 1. The van der Waals surface area contributed by atoms with Crippen molar-refractivity contribution < 1.29 is 9.53 Å². The smallest absolute Gasteiger partial charge is 0.326 e. The molecule has 100 valence electrons. The zero-order valence-electron chi connectivity index (χ0n) is 10.6. The number of halogens is 1. The molecule has 18 heavy (non-hydrogen) atoms. The molecule has 0 spiro atoms. The molecule has 6 heteroatoms. The molecule has 2 unspecified atom stereocenters. The molecule has 2 atom stereocenters. The van der Waals surface area contributed by atoms with Crippen molar-refractivity contribution in [3.63, 3.8) is 0 Å². The second-order valence-corrected chi connectivity index (χ2v) is 5.55. The van der Waals surface area contributed by atoms with E-state index in [0.29, 0.717) is 0 Å². The monoisotopic (exact) mass is 315 g/mol. The van der Waals surface area contributed by atoms with Crippen LogP contribution in [0.3, 0.4) is 0 Å². The van der Waals surface area contributed by atoms with Crippen LogP contribution in [-0.2, 0) is 9.53 Å². The van der Waals surface area contributed by atoms with Gasteiger partial charge in [0.1, 0.15) is 5.54 Å². The second-order valence-electron chi connectivity index (χ2n) is 4.64. The van der Waals surface area contributed by atoms with Crippen LogP contribution in [0.4, 0.5) is 0 Å². The molecule has 5 nitrogen and oxygen atoms in total. The first kappa shape index (κ1) is 13.5. The van der Waals surface area contributed by atoms with Gasteiger partial charge in [0.15, 0.2) is 0 Å². The van der Waals surface area contributed by atoms with Gasteiger partial charge in [0.25, 0.3) is 0 Å². The fourth-order valence-corrected chi connectivity index (χ4v) is 3.01. The highest BCUT2D eigenvalue weighted by Crippen LogP contribution is 2.38. The van der Waals surface area contributed by atoms with Crippen molar-refractivity contribution in [1.29, 1.82) is 0 Å². The number of nitrogens with zero attached hydrogens (tertiary/aromatic N) is 2. The minimum absolute atomic E-state index is 0.168. The van der Waals surface area contributed by atoms with E-state index >= 15 is 0 Å². The third-order valence-corrected chi connectivity index (χ3v) is 3.93. The molecule has 2 rings (SSSR count). The number of methoxy groups -OCH3 is 1. The Balaban J connectivity index is 2.15. The number of esters is 1. The maximum absolute atomic E-state index is 12.0. The molecule has 0 amide bonds. The van der Waals surface area contributed by atoms with Crippen LogP contribution in [0.2, 0.25) is 0 Å². The highest BCUT2D eigenvalue weighted by atomic mass is 79.9. The highest BCUT2D eigenvalue weighted by Gasteiger charge is 2.46. The predicted molar refractivity (Wildman–Crippen MR) is 71.2 cm³/mol. The number of aromatic nitrogens is 2. The quantitative estimate of drug-likeness (QED) is 0.862. The van der Waals surface area contributed by atoms with Crippen molar-refractivity contribution in [3.8, 4) is 0 Å². The van der Waals surface area contributed by atoms with Crippen LogP contribution in [0.25, 0.3) is 0 Å². The summed E-state index contributed by atoms with van der Waals surface area (Å²) in [5, 5.41) is 7.59. The maximum atomic E-state index is 12.0. The summed E-state index contributed by atoms with van der Waals surface area (Å²) in [6.07, 6.45) is 6.16. The van der Waals surface area contributed by atoms with Gasteiger partial charge >= 0.3 is 5.97 Å². The number of hydrogen-bond acceptors (Lipinski definition) is 4. The van der Waals surface area contributed by atoms with Crippen molar-refractivity contribution in [1.82, 2.24) is 15.1 Å². The summed E-state index contributed by atoms with van der Waals surface area (Å²) in [5.74, 6) is -0.168. The van der Waals surface area contributed by atoms with Crippen LogP contribution in [-0.4, -0.2) is 34.9 Å². The molecule has 1 saturated carbocycles. The average Bonchev–Trinajstić information content (AvgIpc) is 2.96. The molecule has 1 heterocycles. The van der Waals surface area contributed by atoms with E-state index in [1.54, 1.807) is 6.20 Å². The first-order valence-corrected chi connectivity index (χ1v) is 6.93. The SMILES string of the molecule is CCNC1(C(=O)OC)CCC(n2cc(Br)cn2)C1. The molecule has 0 saturated heterocycles. The fraction of sp³-hybridized carbons (Fsp3) is 0.667. The number of nitrogens with one attached hydrogen (secondary N) is 1. The maximum Gasteiger partial charge on any atom is 0.326 e. The first-order chi connectivity index (χ1) is 8.61. The first-order valence-electron chi connectivity index (χ1n) is 6.14. The summed E-state index contributed by atoms with van der Waals surface area (Å²) in [5.41, 5.74) is -0.549. The lowest BCUT2D eigenvalue weighted by Crippen LogP contribution is -2.50. The minimum atomic E-state index is -0.549. The summed E-state index contributed by atoms with van der Waals surface area (Å²) in [7, 11) is 1.44. The van der Waals surface area contributed by atoms with Gasteiger partial charge in [-0.3, -0.25) is 9.48 Å². The van der Waals surface area contributed by atoms with Crippen molar-refractivity contribution in [2.45, 2.75) is 37.8 Å². The Morgan fingerprint density at radius 2 is 2.56 bits per heavy atom. The molecule has 0 aromatic carbocycles. The molecule has 0 aliphatic heterocycles. The van der Waals surface area contributed by atoms with Gasteiger partial charge in [0.2, 0.25) is 0 Å². The van der Waals surface area contributed by atoms with Crippen LogP contribution in [0, 0.1) is 0 Å². The van der Waals surface area contributed by atoms with Gasteiger partial charge in [-0.05, 0) is 41.7 Å². The Morgan fingerprint density at radius 1 is 1.78 bits per heavy atom. The third-order valence-electron chi connectivity index (χ3n) is 3.52. The Hall–Kier alpha value is -0.880. The number of likely N-dealkylation sites (N-methyl/N-ethyl adjacent to an activating group) is 1. The number of rotatable bonds is 4. The fourth-order valence-electron chi connectivity index (χ4n) is 2.71. The van der Waals surface area contributed by atoms with Crippen molar-refractivity contribution in [3.05, 3.63) is 16.9 Å². The lowest BCUT2D eigenvalue weighted by molar-refractivity contribution is -0.148. The van der Waals surface area contributed by atoms with Crippen LogP contribution < -0.4 is 5.32 Å². The Bertz CT molecular complexity index is 435. The van der Waals surface area contributed by atoms with Gasteiger partial charge in [-0.1, -0.05) is 6.92 Å². The molecular formula is C12H18BrN3O2. The number of ether oxygens (including phenoxy) is 1. The van der Waals surface area contributed by atoms with Gasteiger partial charge in [-0.15, -0.1) is 0 Å². The minimum Gasteiger partial charge on any atom is -0.468 e. The Morgan fingerprint density at radius 3 is 3.11 bits per heavy atom. The Labute approximate surface area is 115 Å². The largest absolute Gasteiger partial charge is 0.468 e. The molecule has 0 radical (unpaired) electrons. The van der Waals surface area contributed by atoms with Crippen molar-refractivity contribution in [2.75, 3.05) is 13.7 Å². The average molecular weight is 316 g/mol. The van der Waals surface area contributed by atoms with Gasteiger partial charge in [-0.2, -0.15) is 5.10 Å². The summed E-state index contributed by atoms with van der Waals surface area (Å²) in [6.45, 7) is 2.76. The van der Waals surface area contributed by atoms with Gasteiger partial charge in [0, 0.05) is 6.20 Å². The van der Waals surface area contributed by atoms with E-state index in [0.717, 1.165) is 30.3 Å². The van der Waals surface area contributed by atoms with Crippen LogP contribution in [0.15, 0.2) is 16.9 Å². The van der Waals surface area contributed by atoms with Crippen LogP contribution in [0.1, 0.15) is 32.2 Å². The van der Waals surface area contributed by atoms with E-state index in [1.807, 2.05) is 17.8 Å². The van der Waals surface area contributed by atoms with Gasteiger partial charge in [-0.25, -0.2) is 0 Å². The molecule has 0 bridgehead atoms. The summed E-state index contributed by atoms with van der Waals surface area (Å²) < 4.78 is 7.82. The summed E-state index contributed by atoms with van der Waals surface area (Å²) >= 11 is 3.39. The van der Waals surface area contributed by atoms with E-state index in [2.05, 4.69) is 26.3 Å². The van der Waals surface area contributed by atoms with E-state index < -0.39 is 5.54 Å². The topological polar surface area (TPSA) is 56.1 Å².